The van der Waals surface area contributed by atoms with Crippen molar-refractivity contribution >= 4 is 5.69 Å². The number of ether oxygens (including phenoxy) is 2. The minimum Gasteiger partial charge on any atom is -0.492 e. The van der Waals surface area contributed by atoms with Gasteiger partial charge in [0.05, 0.1) is 6.61 Å². The molecule has 0 spiro atoms. The van der Waals surface area contributed by atoms with Crippen LogP contribution in [-0.2, 0) is 0 Å². The molecule has 0 heterocycles. The summed E-state index contributed by atoms with van der Waals surface area (Å²) in [6.07, 6.45) is 0. The van der Waals surface area contributed by atoms with Crippen LogP contribution in [0.15, 0.2) is 42.5 Å². The van der Waals surface area contributed by atoms with Gasteiger partial charge in [-0.25, -0.2) is 0 Å². The monoisotopic (exact) mass is 271 g/mol. The molecule has 3 nitrogen and oxygen atoms in total. The number of hydrogen-bond acceptors (Lipinski definition) is 3. The third-order valence-corrected chi connectivity index (χ3v) is 3.10. The van der Waals surface area contributed by atoms with Crippen LogP contribution in [0.2, 0.25) is 0 Å². The van der Waals surface area contributed by atoms with Crippen molar-refractivity contribution in [3.8, 4) is 17.2 Å². The fraction of sp³-hybridized carbons (Fsp3) is 0.294. The summed E-state index contributed by atoms with van der Waals surface area (Å²) >= 11 is 0. The standard InChI is InChI=1S/C17H21NO2/c1-4-19-15-6-5-7-16(17(15)18)20-14-10-8-13(9-11-14)12(2)3/h5-12H,4,18H2,1-3H3. The van der Waals surface area contributed by atoms with Crippen molar-refractivity contribution in [3.63, 3.8) is 0 Å². The Morgan fingerprint density at radius 3 is 2.25 bits per heavy atom. The van der Waals surface area contributed by atoms with Gasteiger partial charge in [0.2, 0.25) is 0 Å². The van der Waals surface area contributed by atoms with Crippen LogP contribution in [-0.4, -0.2) is 6.61 Å². The van der Waals surface area contributed by atoms with Gasteiger partial charge < -0.3 is 15.2 Å². The Hall–Kier alpha value is -2.16. The molecule has 0 fully saturated rings. The zero-order chi connectivity index (χ0) is 14.5. The van der Waals surface area contributed by atoms with Gasteiger partial charge in [0.1, 0.15) is 17.2 Å². The highest BCUT2D eigenvalue weighted by Gasteiger charge is 2.08. The van der Waals surface area contributed by atoms with E-state index in [-0.39, 0.29) is 0 Å². The second-order valence-corrected chi connectivity index (χ2v) is 4.93. The minimum atomic E-state index is 0.510. The largest absolute Gasteiger partial charge is 0.492 e. The van der Waals surface area contributed by atoms with Crippen LogP contribution in [0, 0.1) is 0 Å². The van der Waals surface area contributed by atoms with E-state index in [4.69, 9.17) is 15.2 Å². The number of benzene rings is 2. The molecular formula is C17H21NO2. The molecule has 2 rings (SSSR count). The van der Waals surface area contributed by atoms with E-state index >= 15 is 0 Å². The second kappa shape index (κ2) is 6.33. The molecule has 2 aromatic rings. The van der Waals surface area contributed by atoms with E-state index in [1.165, 1.54) is 5.56 Å². The Morgan fingerprint density at radius 1 is 1.00 bits per heavy atom. The van der Waals surface area contributed by atoms with E-state index in [1.807, 2.05) is 37.3 Å². The summed E-state index contributed by atoms with van der Waals surface area (Å²) in [6.45, 7) is 6.84. The summed E-state index contributed by atoms with van der Waals surface area (Å²) in [5.41, 5.74) is 7.86. The molecular weight excluding hydrogens is 250 g/mol. The highest BCUT2D eigenvalue weighted by molar-refractivity contribution is 5.63. The topological polar surface area (TPSA) is 44.5 Å². The lowest BCUT2D eigenvalue weighted by Gasteiger charge is -2.13. The molecule has 0 atom stereocenters. The van der Waals surface area contributed by atoms with E-state index in [0.29, 0.717) is 29.7 Å². The van der Waals surface area contributed by atoms with Crippen molar-refractivity contribution in [2.24, 2.45) is 0 Å². The molecule has 0 aliphatic carbocycles. The number of hydrogen-bond donors (Lipinski definition) is 1. The van der Waals surface area contributed by atoms with Gasteiger partial charge in [-0.15, -0.1) is 0 Å². The maximum atomic E-state index is 6.05. The van der Waals surface area contributed by atoms with Crippen molar-refractivity contribution < 1.29 is 9.47 Å². The van der Waals surface area contributed by atoms with E-state index in [0.717, 1.165) is 5.75 Å². The highest BCUT2D eigenvalue weighted by atomic mass is 16.5. The fourth-order valence-corrected chi connectivity index (χ4v) is 1.94. The van der Waals surface area contributed by atoms with E-state index in [9.17, 15) is 0 Å². The Morgan fingerprint density at radius 2 is 1.65 bits per heavy atom. The Bertz CT molecular complexity index is 562. The molecule has 0 aliphatic heterocycles. The van der Waals surface area contributed by atoms with Gasteiger partial charge in [-0.05, 0) is 42.7 Å². The summed E-state index contributed by atoms with van der Waals surface area (Å²) in [5, 5.41) is 0. The summed E-state index contributed by atoms with van der Waals surface area (Å²) in [7, 11) is 0. The van der Waals surface area contributed by atoms with Crippen molar-refractivity contribution in [3.05, 3.63) is 48.0 Å². The number of nitrogens with two attached hydrogens (primary N) is 1. The van der Waals surface area contributed by atoms with Crippen LogP contribution in [0.25, 0.3) is 0 Å². The van der Waals surface area contributed by atoms with Crippen LogP contribution in [0.3, 0.4) is 0 Å². The second-order valence-electron chi connectivity index (χ2n) is 4.93. The van der Waals surface area contributed by atoms with E-state index in [2.05, 4.69) is 26.0 Å². The van der Waals surface area contributed by atoms with Gasteiger partial charge in [-0.1, -0.05) is 32.0 Å². The third-order valence-electron chi connectivity index (χ3n) is 3.10. The molecule has 0 unspecified atom stereocenters. The predicted molar refractivity (Wildman–Crippen MR) is 82.6 cm³/mol. The zero-order valence-corrected chi connectivity index (χ0v) is 12.2. The molecule has 20 heavy (non-hydrogen) atoms. The van der Waals surface area contributed by atoms with Crippen molar-refractivity contribution in [2.75, 3.05) is 12.3 Å². The lowest BCUT2D eigenvalue weighted by molar-refractivity contribution is 0.340. The Kier molecular flexibility index (Phi) is 4.51. The summed E-state index contributed by atoms with van der Waals surface area (Å²) < 4.78 is 11.3. The molecule has 106 valence electrons. The van der Waals surface area contributed by atoms with Crippen molar-refractivity contribution in [1.29, 1.82) is 0 Å². The maximum Gasteiger partial charge on any atom is 0.154 e. The van der Waals surface area contributed by atoms with Gasteiger partial charge in [-0.3, -0.25) is 0 Å². The van der Waals surface area contributed by atoms with Crippen LogP contribution in [0.5, 0.6) is 17.2 Å². The van der Waals surface area contributed by atoms with Gasteiger partial charge in [0.15, 0.2) is 5.75 Å². The summed E-state index contributed by atoms with van der Waals surface area (Å²) in [6, 6.07) is 13.6. The summed E-state index contributed by atoms with van der Waals surface area (Å²) in [4.78, 5) is 0. The average molecular weight is 271 g/mol. The van der Waals surface area contributed by atoms with Gasteiger partial charge in [0, 0.05) is 0 Å². The number of rotatable bonds is 5. The van der Waals surface area contributed by atoms with E-state index in [1.54, 1.807) is 0 Å². The first-order valence-electron chi connectivity index (χ1n) is 6.91. The number of anilines is 1. The molecule has 0 amide bonds. The molecule has 0 radical (unpaired) electrons. The number of nitrogen functional groups attached to an aromatic ring is 1. The SMILES string of the molecule is CCOc1cccc(Oc2ccc(C(C)C)cc2)c1N. The van der Waals surface area contributed by atoms with Crippen LogP contribution in [0.4, 0.5) is 5.69 Å². The van der Waals surface area contributed by atoms with Crippen LogP contribution in [0.1, 0.15) is 32.3 Å². The average Bonchev–Trinajstić information content (AvgIpc) is 2.44. The zero-order valence-electron chi connectivity index (χ0n) is 12.2. The normalized spacial score (nSPS) is 10.6. The van der Waals surface area contributed by atoms with Crippen LogP contribution >= 0.6 is 0 Å². The number of para-hydroxylation sites is 1. The fourth-order valence-electron chi connectivity index (χ4n) is 1.94. The Labute approximate surface area is 120 Å². The lowest BCUT2D eigenvalue weighted by Crippen LogP contribution is -1.99. The quantitative estimate of drug-likeness (QED) is 0.809. The predicted octanol–water partition coefficient (Wildman–Crippen LogP) is 4.58. The first kappa shape index (κ1) is 14.3. The lowest BCUT2D eigenvalue weighted by atomic mass is 10.0. The molecule has 0 aliphatic rings. The van der Waals surface area contributed by atoms with Crippen molar-refractivity contribution in [2.45, 2.75) is 26.7 Å². The third kappa shape index (κ3) is 3.23. The maximum absolute atomic E-state index is 6.05. The van der Waals surface area contributed by atoms with Crippen molar-refractivity contribution in [1.82, 2.24) is 0 Å². The van der Waals surface area contributed by atoms with Gasteiger partial charge in [0.25, 0.3) is 0 Å². The van der Waals surface area contributed by atoms with Crippen LogP contribution < -0.4 is 15.2 Å². The highest BCUT2D eigenvalue weighted by Crippen LogP contribution is 2.34. The Balaban J connectivity index is 2.19. The first-order chi connectivity index (χ1) is 9.61. The smallest absolute Gasteiger partial charge is 0.154 e. The minimum absolute atomic E-state index is 0.510. The molecule has 0 saturated carbocycles. The van der Waals surface area contributed by atoms with E-state index < -0.39 is 0 Å². The van der Waals surface area contributed by atoms with Gasteiger partial charge in [-0.2, -0.15) is 0 Å². The molecule has 2 aromatic carbocycles. The molecule has 0 aromatic heterocycles. The summed E-state index contributed by atoms with van der Waals surface area (Å²) in [5.74, 6) is 2.56. The molecule has 0 bridgehead atoms. The molecule has 3 heteroatoms. The van der Waals surface area contributed by atoms with Gasteiger partial charge >= 0.3 is 0 Å². The first-order valence-corrected chi connectivity index (χ1v) is 6.91. The molecule has 0 saturated heterocycles. The molecule has 2 N–H and O–H groups in total.